The van der Waals surface area contributed by atoms with Crippen molar-refractivity contribution in [1.82, 2.24) is 0 Å². The molecular weight excluding hydrogens is 209 g/mol. The van der Waals surface area contributed by atoms with E-state index in [0.29, 0.717) is 11.3 Å². The second-order valence-corrected chi connectivity index (χ2v) is 4.04. The predicted octanol–water partition coefficient (Wildman–Crippen LogP) is 1.54. The van der Waals surface area contributed by atoms with Gasteiger partial charge in [0.05, 0.1) is 18.4 Å². The van der Waals surface area contributed by atoms with Crippen molar-refractivity contribution in [3.8, 4) is 0 Å². The Morgan fingerprint density at radius 3 is 2.94 bits per heavy atom. The summed E-state index contributed by atoms with van der Waals surface area (Å²) in [5.41, 5.74) is 1.19. The Morgan fingerprint density at radius 1 is 1.56 bits per heavy atom. The molecule has 3 nitrogen and oxygen atoms in total. The second kappa shape index (κ2) is 4.80. The third-order valence-electron chi connectivity index (χ3n) is 3.01. The van der Waals surface area contributed by atoms with Gasteiger partial charge in [0.1, 0.15) is 5.82 Å². The standard InChI is InChI=1S/C12H16FNO2/c1-16-10-4-5-14(7-10)12-3-2-9(8-15)6-11(12)13/h2-3,6,10,15H,4-5,7-8H2,1H3. The molecule has 1 aromatic carbocycles. The summed E-state index contributed by atoms with van der Waals surface area (Å²) in [5.74, 6) is -0.275. The molecule has 0 radical (unpaired) electrons. The van der Waals surface area contributed by atoms with E-state index in [1.165, 1.54) is 6.07 Å². The average Bonchev–Trinajstić information content (AvgIpc) is 2.77. The molecular formula is C12H16FNO2. The quantitative estimate of drug-likeness (QED) is 0.847. The Hall–Kier alpha value is -1.13. The summed E-state index contributed by atoms with van der Waals surface area (Å²) in [4.78, 5) is 1.98. The highest BCUT2D eigenvalue weighted by molar-refractivity contribution is 5.50. The maximum absolute atomic E-state index is 13.7. The largest absolute Gasteiger partial charge is 0.392 e. The number of methoxy groups -OCH3 is 1. The van der Waals surface area contributed by atoms with Gasteiger partial charge in [-0.3, -0.25) is 0 Å². The van der Waals surface area contributed by atoms with Crippen LogP contribution in [-0.2, 0) is 11.3 Å². The Kier molecular flexibility index (Phi) is 3.41. The number of aliphatic hydroxyl groups excluding tert-OH is 1. The molecule has 2 rings (SSSR count). The van der Waals surface area contributed by atoms with E-state index in [9.17, 15) is 4.39 Å². The Labute approximate surface area is 94.4 Å². The van der Waals surface area contributed by atoms with Crippen LogP contribution in [-0.4, -0.2) is 31.4 Å². The molecule has 0 spiro atoms. The van der Waals surface area contributed by atoms with Gasteiger partial charge < -0.3 is 14.7 Å². The molecule has 1 fully saturated rings. The minimum atomic E-state index is -0.275. The lowest BCUT2D eigenvalue weighted by molar-refractivity contribution is 0.121. The third kappa shape index (κ3) is 2.18. The first-order valence-electron chi connectivity index (χ1n) is 5.41. The number of anilines is 1. The normalized spacial score (nSPS) is 20.4. The highest BCUT2D eigenvalue weighted by atomic mass is 19.1. The number of hydrogen-bond acceptors (Lipinski definition) is 3. The molecule has 0 aromatic heterocycles. The number of halogens is 1. The van der Waals surface area contributed by atoms with E-state index in [2.05, 4.69) is 0 Å². The van der Waals surface area contributed by atoms with Gasteiger partial charge in [-0.05, 0) is 24.1 Å². The average molecular weight is 225 g/mol. The Balaban J connectivity index is 2.15. The summed E-state index contributed by atoms with van der Waals surface area (Å²) in [6.07, 6.45) is 1.12. The van der Waals surface area contributed by atoms with Crippen LogP contribution in [0.3, 0.4) is 0 Å². The summed E-state index contributed by atoms with van der Waals surface area (Å²) in [7, 11) is 1.68. The Morgan fingerprint density at radius 2 is 2.38 bits per heavy atom. The zero-order valence-electron chi connectivity index (χ0n) is 9.32. The van der Waals surface area contributed by atoms with Gasteiger partial charge in [-0.1, -0.05) is 6.07 Å². The maximum atomic E-state index is 13.7. The van der Waals surface area contributed by atoms with Crippen molar-refractivity contribution in [2.75, 3.05) is 25.1 Å². The van der Waals surface area contributed by atoms with Crippen molar-refractivity contribution in [1.29, 1.82) is 0 Å². The minimum Gasteiger partial charge on any atom is -0.392 e. The van der Waals surface area contributed by atoms with E-state index in [4.69, 9.17) is 9.84 Å². The summed E-state index contributed by atoms with van der Waals surface area (Å²) in [6.45, 7) is 1.41. The molecule has 0 aliphatic carbocycles. The third-order valence-corrected chi connectivity index (χ3v) is 3.01. The van der Waals surface area contributed by atoms with Crippen LogP contribution < -0.4 is 4.90 Å². The van der Waals surface area contributed by atoms with E-state index in [0.717, 1.165) is 19.5 Å². The SMILES string of the molecule is COC1CCN(c2ccc(CO)cc2F)C1. The molecule has 1 unspecified atom stereocenters. The topological polar surface area (TPSA) is 32.7 Å². The van der Waals surface area contributed by atoms with Crippen molar-refractivity contribution in [3.05, 3.63) is 29.6 Å². The number of hydrogen-bond donors (Lipinski definition) is 1. The monoisotopic (exact) mass is 225 g/mol. The summed E-state index contributed by atoms with van der Waals surface area (Å²) in [5, 5.41) is 8.90. The first-order valence-corrected chi connectivity index (χ1v) is 5.41. The van der Waals surface area contributed by atoms with Gasteiger partial charge in [-0.2, -0.15) is 0 Å². The van der Waals surface area contributed by atoms with Gasteiger partial charge in [-0.25, -0.2) is 4.39 Å². The zero-order chi connectivity index (χ0) is 11.5. The van der Waals surface area contributed by atoms with Gasteiger partial charge in [0.15, 0.2) is 0 Å². The van der Waals surface area contributed by atoms with E-state index in [1.54, 1.807) is 19.2 Å². The van der Waals surface area contributed by atoms with Crippen molar-refractivity contribution >= 4 is 5.69 Å². The Bertz CT molecular complexity index is 370. The molecule has 1 saturated heterocycles. The van der Waals surface area contributed by atoms with Crippen molar-refractivity contribution in [3.63, 3.8) is 0 Å². The van der Waals surface area contributed by atoms with Crippen LogP contribution >= 0.6 is 0 Å². The van der Waals surface area contributed by atoms with Crippen molar-refractivity contribution < 1.29 is 14.2 Å². The number of rotatable bonds is 3. The minimum absolute atomic E-state index is 0.127. The van der Waals surface area contributed by atoms with Crippen LogP contribution in [0.15, 0.2) is 18.2 Å². The van der Waals surface area contributed by atoms with E-state index < -0.39 is 0 Å². The summed E-state index contributed by atoms with van der Waals surface area (Å²) < 4.78 is 19.0. The molecule has 1 aliphatic rings. The van der Waals surface area contributed by atoms with Crippen LogP contribution in [0.5, 0.6) is 0 Å². The number of aliphatic hydroxyl groups is 1. The fraction of sp³-hybridized carbons (Fsp3) is 0.500. The lowest BCUT2D eigenvalue weighted by atomic mass is 10.2. The highest BCUT2D eigenvalue weighted by Crippen LogP contribution is 2.25. The molecule has 0 bridgehead atoms. The van der Waals surface area contributed by atoms with E-state index in [1.807, 2.05) is 4.90 Å². The number of nitrogens with zero attached hydrogens (tertiary/aromatic N) is 1. The van der Waals surface area contributed by atoms with Crippen LogP contribution in [0, 0.1) is 5.82 Å². The van der Waals surface area contributed by atoms with Gasteiger partial charge in [0, 0.05) is 20.2 Å². The van der Waals surface area contributed by atoms with Crippen LogP contribution in [0.25, 0.3) is 0 Å². The lowest BCUT2D eigenvalue weighted by Gasteiger charge is -2.19. The molecule has 1 aliphatic heterocycles. The fourth-order valence-electron chi connectivity index (χ4n) is 2.04. The van der Waals surface area contributed by atoms with Gasteiger partial charge >= 0.3 is 0 Å². The summed E-state index contributed by atoms with van der Waals surface area (Å²) in [6, 6.07) is 4.85. The zero-order valence-corrected chi connectivity index (χ0v) is 9.32. The molecule has 16 heavy (non-hydrogen) atoms. The first-order chi connectivity index (χ1) is 7.74. The smallest absolute Gasteiger partial charge is 0.146 e. The highest BCUT2D eigenvalue weighted by Gasteiger charge is 2.24. The molecule has 4 heteroatoms. The number of benzene rings is 1. The predicted molar refractivity (Wildman–Crippen MR) is 59.9 cm³/mol. The molecule has 1 heterocycles. The van der Waals surface area contributed by atoms with Crippen molar-refractivity contribution in [2.24, 2.45) is 0 Å². The summed E-state index contributed by atoms with van der Waals surface area (Å²) >= 11 is 0. The molecule has 0 saturated carbocycles. The molecule has 1 N–H and O–H groups in total. The molecule has 0 amide bonds. The number of ether oxygens (including phenoxy) is 1. The van der Waals surface area contributed by atoms with Crippen LogP contribution in [0.2, 0.25) is 0 Å². The molecule has 1 aromatic rings. The van der Waals surface area contributed by atoms with Crippen molar-refractivity contribution in [2.45, 2.75) is 19.1 Å². The van der Waals surface area contributed by atoms with Gasteiger partial charge in [-0.15, -0.1) is 0 Å². The van der Waals surface area contributed by atoms with E-state index >= 15 is 0 Å². The fourth-order valence-corrected chi connectivity index (χ4v) is 2.04. The van der Waals surface area contributed by atoms with E-state index in [-0.39, 0.29) is 18.5 Å². The maximum Gasteiger partial charge on any atom is 0.146 e. The van der Waals surface area contributed by atoms with Crippen LogP contribution in [0.1, 0.15) is 12.0 Å². The lowest BCUT2D eigenvalue weighted by Crippen LogP contribution is -2.23. The second-order valence-electron chi connectivity index (χ2n) is 4.04. The van der Waals surface area contributed by atoms with Crippen LogP contribution in [0.4, 0.5) is 10.1 Å². The molecule has 88 valence electrons. The van der Waals surface area contributed by atoms with Gasteiger partial charge in [0.25, 0.3) is 0 Å². The first kappa shape index (κ1) is 11.4. The van der Waals surface area contributed by atoms with Gasteiger partial charge in [0.2, 0.25) is 0 Å². The molecule has 1 atom stereocenters.